The van der Waals surface area contributed by atoms with Gasteiger partial charge >= 0.3 is 0 Å². The topological polar surface area (TPSA) is 0 Å². The predicted molar refractivity (Wildman–Crippen MR) is 87.9 cm³/mol. The first-order valence-corrected chi connectivity index (χ1v) is 10.1. The average molecular weight is 287 g/mol. The number of hydrogen-bond acceptors (Lipinski definition) is 0. The first kappa shape index (κ1) is 13.4. The molecule has 0 aromatic carbocycles. The summed E-state index contributed by atoms with van der Waals surface area (Å²) in [5, 5.41) is 0. The lowest BCUT2D eigenvalue weighted by molar-refractivity contribution is -0.0411. The summed E-state index contributed by atoms with van der Waals surface area (Å²) in [6, 6.07) is 0. The molecular formula is C21H34. The highest BCUT2D eigenvalue weighted by molar-refractivity contribution is 4.99. The highest BCUT2D eigenvalue weighted by Crippen LogP contribution is 2.59. The molecule has 118 valence electrons. The second kappa shape index (κ2) is 4.75. The van der Waals surface area contributed by atoms with Crippen LogP contribution in [0.25, 0.3) is 0 Å². The van der Waals surface area contributed by atoms with Crippen molar-refractivity contribution in [1.29, 1.82) is 0 Å². The SMILES string of the molecule is C1C2CC3CC1CC(C2)C3.CC12CC3CC(CC(C3)C1)C2. The molecule has 0 heterocycles. The van der Waals surface area contributed by atoms with Crippen LogP contribution in [-0.4, -0.2) is 0 Å². The van der Waals surface area contributed by atoms with E-state index in [2.05, 4.69) is 6.92 Å². The van der Waals surface area contributed by atoms with E-state index >= 15 is 0 Å². The molecule has 0 spiro atoms. The van der Waals surface area contributed by atoms with E-state index in [0.717, 1.165) is 23.2 Å². The summed E-state index contributed by atoms with van der Waals surface area (Å²) in [6.45, 7) is 2.54. The summed E-state index contributed by atoms with van der Waals surface area (Å²) in [5.74, 6) is 8.14. The van der Waals surface area contributed by atoms with Crippen molar-refractivity contribution in [3.05, 3.63) is 0 Å². The van der Waals surface area contributed by atoms with Crippen molar-refractivity contribution in [2.75, 3.05) is 0 Å². The molecule has 0 aromatic heterocycles. The van der Waals surface area contributed by atoms with Crippen molar-refractivity contribution in [3.8, 4) is 0 Å². The Balaban J connectivity index is 0.0000000996. The summed E-state index contributed by atoms with van der Waals surface area (Å²) >= 11 is 0. The van der Waals surface area contributed by atoms with Crippen LogP contribution < -0.4 is 0 Å². The fourth-order valence-corrected chi connectivity index (χ4v) is 8.53. The summed E-state index contributed by atoms with van der Waals surface area (Å²) in [5.41, 5.74) is 0.800. The van der Waals surface area contributed by atoms with E-state index in [0.29, 0.717) is 0 Å². The third kappa shape index (κ3) is 2.49. The molecule has 0 amide bonds. The second-order valence-electron chi connectivity index (χ2n) is 10.6. The van der Waals surface area contributed by atoms with Gasteiger partial charge in [0.15, 0.2) is 0 Å². The van der Waals surface area contributed by atoms with Crippen molar-refractivity contribution in [1.82, 2.24) is 0 Å². The van der Waals surface area contributed by atoms with E-state index in [1.54, 1.807) is 77.0 Å². The fraction of sp³-hybridized carbons (Fsp3) is 1.00. The fourth-order valence-electron chi connectivity index (χ4n) is 8.53. The molecule has 8 saturated carbocycles. The minimum Gasteiger partial charge on any atom is -0.0596 e. The maximum absolute atomic E-state index is 2.54. The van der Waals surface area contributed by atoms with Crippen LogP contribution in [0, 0.1) is 46.8 Å². The summed E-state index contributed by atoms with van der Waals surface area (Å²) in [6.07, 6.45) is 19.1. The molecule has 8 aliphatic carbocycles. The monoisotopic (exact) mass is 286 g/mol. The highest BCUT2D eigenvalue weighted by atomic mass is 14.5. The van der Waals surface area contributed by atoms with Gasteiger partial charge in [0, 0.05) is 0 Å². The Morgan fingerprint density at radius 1 is 0.429 bits per heavy atom. The van der Waals surface area contributed by atoms with Gasteiger partial charge in [0.05, 0.1) is 0 Å². The van der Waals surface area contributed by atoms with Crippen molar-refractivity contribution >= 4 is 0 Å². The van der Waals surface area contributed by atoms with Gasteiger partial charge in [-0.3, -0.25) is 0 Å². The van der Waals surface area contributed by atoms with Gasteiger partial charge in [-0.1, -0.05) is 6.92 Å². The third-order valence-corrected chi connectivity index (χ3v) is 8.34. The van der Waals surface area contributed by atoms with Crippen molar-refractivity contribution in [3.63, 3.8) is 0 Å². The average Bonchev–Trinajstić information content (AvgIpc) is 2.34. The molecule has 8 aliphatic rings. The summed E-state index contributed by atoms with van der Waals surface area (Å²) < 4.78 is 0. The van der Waals surface area contributed by atoms with E-state index < -0.39 is 0 Å². The quantitative estimate of drug-likeness (QED) is 0.508. The third-order valence-electron chi connectivity index (χ3n) is 8.34. The van der Waals surface area contributed by atoms with E-state index in [4.69, 9.17) is 0 Å². The minimum atomic E-state index is 0.800. The molecule has 21 heavy (non-hydrogen) atoms. The van der Waals surface area contributed by atoms with Crippen LogP contribution in [0.1, 0.15) is 84.0 Å². The maximum atomic E-state index is 2.54. The van der Waals surface area contributed by atoms with Crippen molar-refractivity contribution in [2.24, 2.45) is 46.8 Å². The van der Waals surface area contributed by atoms with Crippen molar-refractivity contribution < 1.29 is 0 Å². The van der Waals surface area contributed by atoms with Gasteiger partial charge in [-0.2, -0.15) is 0 Å². The van der Waals surface area contributed by atoms with Gasteiger partial charge in [0.1, 0.15) is 0 Å². The second-order valence-corrected chi connectivity index (χ2v) is 10.6. The normalized spacial score (nSPS) is 59.0. The van der Waals surface area contributed by atoms with Crippen LogP contribution in [0.3, 0.4) is 0 Å². The van der Waals surface area contributed by atoms with E-state index in [9.17, 15) is 0 Å². The molecule has 8 bridgehead atoms. The molecule has 8 fully saturated rings. The number of rotatable bonds is 0. The first-order chi connectivity index (χ1) is 10.1. The largest absolute Gasteiger partial charge is 0.0596 e. The van der Waals surface area contributed by atoms with Crippen molar-refractivity contribution in [2.45, 2.75) is 84.0 Å². The lowest BCUT2D eigenvalue weighted by Crippen LogP contribution is -2.44. The van der Waals surface area contributed by atoms with Gasteiger partial charge in [-0.25, -0.2) is 0 Å². The zero-order chi connectivity index (χ0) is 14.0. The van der Waals surface area contributed by atoms with Gasteiger partial charge in [0.25, 0.3) is 0 Å². The molecule has 8 rings (SSSR count). The molecular weight excluding hydrogens is 252 g/mol. The van der Waals surface area contributed by atoms with E-state index in [1.807, 2.05) is 0 Å². The molecule has 0 nitrogen and oxygen atoms in total. The van der Waals surface area contributed by atoms with E-state index in [-0.39, 0.29) is 0 Å². The Kier molecular flexibility index (Phi) is 3.04. The van der Waals surface area contributed by atoms with Gasteiger partial charge < -0.3 is 0 Å². The molecule has 0 unspecified atom stereocenters. The summed E-state index contributed by atoms with van der Waals surface area (Å²) in [4.78, 5) is 0. The Morgan fingerprint density at radius 2 is 0.667 bits per heavy atom. The lowest BCUT2D eigenvalue weighted by Gasteiger charge is -2.55. The van der Waals surface area contributed by atoms with Gasteiger partial charge in [-0.05, 0) is 124 Å². The Labute approximate surface area is 131 Å². The first-order valence-electron chi connectivity index (χ1n) is 10.1. The molecule has 0 heteroatoms. The Hall–Kier alpha value is 0. The van der Waals surface area contributed by atoms with Crippen LogP contribution in [0.2, 0.25) is 0 Å². The van der Waals surface area contributed by atoms with Crippen LogP contribution in [0.15, 0.2) is 0 Å². The molecule has 0 aromatic rings. The smallest absolute Gasteiger partial charge is 0.0318 e. The standard InChI is InChI=1S/C11H18.C10H16/c1-11-5-8-2-9(6-11)4-10(3-8)7-11;1-7-2-9-4-8(1)5-10(3-7)6-9/h8-10H,2-7H2,1H3;7-10H,1-6H2. The van der Waals surface area contributed by atoms with Crippen LogP contribution in [0.5, 0.6) is 0 Å². The molecule has 0 radical (unpaired) electrons. The Bertz CT molecular complexity index is 314. The molecule has 0 atom stereocenters. The Morgan fingerprint density at radius 3 is 0.905 bits per heavy atom. The minimum absolute atomic E-state index is 0.800. The summed E-state index contributed by atoms with van der Waals surface area (Å²) in [7, 11) is 0. The van der Waals surface area contributed by atoms with Crippen LogP contribution in [0.4, 0.5) is 0 Å². The van der Waals surface area contributed by atoms with Gasteiger partial charge in [0.2, 0.25) is 0 Å². The predicted octanol–water partition coefficient (Wildman–Crippen LogP) is 6.06. The maximum Gasteiger partial charge on any atom is -0.0318 e. The van der Waals surface area contributed by atoms with Crippen LogP contribution >= 0.6 is 0 Å². The van der Waals surface area contributed by atoms with Crippen LogP contribution in [-0.2, 0) is 0 Å². The highest BCUT2D eigenvalue weighted by Gasteiger charge is 2.48. The van der Waals surface area contributed by atoms with Gasteiger partial charge in [-0.15, -0.1) is 0 Å². The zero-order valence-electron chi connectivity index (χ0n) is 14.0. The molecule has 0 saturated heterocycles. The van der Waals surface area contributed by atoms with E-state index in [1.165, 1.54) is 23.7 Å². The molecule has 0 aliphatic heterocycles. The zero-order valence-corrected chi connectivity index (χ0v) is 14.0. The number of hydrogen-bond donors (Lipinski definition) is 0. The molecule has 0 N–H and O–H groups in total. The lowest BCUT2D eigenvalue weighted by atomic mass is 9.50.